The maximum atomic E-state index is 13.0. The Kier molecular flexibility index (Phi) is 4.13. The van der Waals surface area contributed by atoms with E-state index in [1.165, 1.54) is 12.1 Å². The van der Waals surface area contributed by atoms with Gasteiger partial charge in [-0.3, -0.25) is 4.79 Å². The van der Waals surface area contributed by atoms with Crippen LogP contribution < -0.4 is 4.90 Å². The number of rotatable bonds is 2. The second-order valence-corrected chi connectivity index (χ2v) is 5.20. The second kappa shape index (κ2) is 5.52. The minimum Gasteiger partial charge on any atom is -0.481 e. The number of hydrogen-bond donors (Lipinski definition) is 1. The number of piperidine rings is 1. The monoisotopic (exact) mass is 307 g/mol. The van der Waals surface area contributed by atoms with Gasteiger partial charge in [0, 0.05) is 23.8 Å². The van der Waals surface area contributed by atoms with E-state index in [2.05, 4.69) is 0 Å². The third-order valence-electron chi connectivity index (χ3n) is 3.45. The zero-order valence-electron chi connectivity index (χ0n) is 10.5. The smallest absolute Gasteiger partial charge is 0.418 e. The molecule has 1 heterocycles. The Morgan fingerprint density at radius 1 is 1.30 bits per heavy atom. The van der Waals surface area contributed by atoms with Crippen LogP contribution in [0.25, 0.3) is 0 Å². The maximum absolute atomic E-state index is 13.0. The lowest BCUT2D eigenvalue weighted by atomic mass is 9.96. The number of carboxylic acid groups (broad SMARTS) is 1. The first-order chi connectivity index (χ1) is 9.29. The summed E-state index contributed by atoms with van der Waals surface area (Å²) in [5, 5.41) is 8.93. The van der Waals surface area contributed by atoms with E-state index in [0.29, 0.717) is 25.9 Å². The first-order valence-electron chi connectivity index (χ1n) is 6.13. The van der Waals surface area contributed by atoms with Gasteiger partial charge in [0.15, 0.2) is 0 Å². The van der Waals surface area contributed by atoms with Crippen molar-refractivity contribution in [2.45, 2.75) is 19.0 Å². The van der Waals surface area contributed by atoms with Crippen LogP contribution in [-0.2, 0) is 11.0 Å². The molecule has 0 saturated carbocycles. The van der Waals surface area contributed by atoms with E-state index in [1.807, 2.05) is 0 Å². The van der Waals surface area contributed by atoms with Crippen LogP contribution in [0.15, 0.2) is 18.2 Å². The number of carboxylic acids is 1. The number of anilines is 1. The standard InChI is InChI=1S/C13H13ClF3NO2/c14-9-1-2-11(10(7-9)13(15,16)17)18-5-3-8(4-6-18)12(19)20/h1-2,7-8H,3-6H2,(H,19,20). The van der Waals surface area contributed by atoms with E-state index < -0.39 is 23.6 Å². The molecule has 0 aliphatic carbocycles. The van der Waals surface area contributed by atoms with Gasteiger partial charge in [0.2, 0.25) is 0 Å². The number of hydrogen-bond acceptors (Lipinski definition) is 2. The van der Waals surface area contributed by atoms with Gasteiger partial charge in [-0.25, -0.2) is 0 Å². The molecule has 0 bridgehead atoms. The molecule has 0 radical (unpaired) electrons. The van der Waals surface area contributed by atoms with E-state index in [-0.39, 0.29) is 10.7 Å². The average Bonchev–Trinajstić information content (AvgIpc) is 2.38. The molecule has 0 unspecified atom stereocenters. The Morgan fingerprint density at radius 3 is 2.40 bits per heavy atom. The number of halogens is 4. The molecule has 0 atom stereocenters. The minimum atomic E-state index is -4.48. The molecule has 3 nitrogen and oxygen atoms in total. The van der Waals surface area contributed by atoms with Crippen molar-refractivity contribution in [3.63, 3.8) is 0 Å². The molecule has 0 aromatic heterocycles. The Balaban J connectivity index is 2.24. The highest BCUT2D eigenvalue weighted by atomic mass is 35.5. The number of aliphatic carboxylic acids is 1. The Bertz CT molecular complexity index is 511. The molecule has 110 valence electrons. The summed E-state index contributed by atoms with van der Waals surface area (Å²) in [4.78, 5) is 12.4. The molecule has 7 heteroatoms. The van der Waals surface area contributed by atoms with Crippen molar-refractivity contribution in [3.05, 3.63) is 28.8 Å². The van der Waals surface area contributed by atoms with Crippen molar-refractivity contribution >= 4 is 23.3 Å². The SMILES string of the molecule is O=C(O)C1CCN(c2ccc(Cl)cc2C(F)(F)F)CC1. The third-order valence-corrected chi connectivity index (χ3v) is 3.68. The summed E-state index contributed by atoms with van der Waals surface area (Å²) < 4.78 is 39.0. The van der Waals surface area contributed by atoms with Crippen LogP contribution in [0.2, 0.25) is 5.02 Å². The molecule has 1 aliphatic heterocycles. The molecule has 0 amide bonds. The van der Waals surface area contributed by atoms with Gasteiger partial charge in [0.1, 0.15) is 0 Å². The molecular formula is C13H13ClF3NO2. The lowest BCUT2D eigenvalue weighted by Gasteiger charge is -2.33. The quantitative estimate of drug-likeness (QED) is 0.906. The number of nitrogens with zero attached hydrogens (tertiary/aromatic N) is 1. The molecule has 1 aromatic carbocycles. The lowest BCUT2D eigenvalue weighted by molar-refractivity contribution is -0.142. The minimum absolute atomic E-state index is 0.0292. The topological polar surface area (TPSA) is 40.5 Å². The summed E-state index contributed by atoms with van der Waals surface area (Å²) in [6.07, 6.45) is -3.80. The number of alkyl halides is 3. The Labute approximate surface area is 118 Å². The van der Waals surface area contributed by atoms with Crippen LogP contribution >= 0.6 is 11.6 Å². The van der Waals surface area contributed by atoms with Crippen LogP contribution in [0.1, 0.15) is 18.4 Å². The summed E-state index contributed by atoms with van der Waals surface area (Å²) in [6.45, 7) is 0.587. The van der Waals surface area contributed by atoms with Gasteiger partial charge < -0.3 is 10.0 Å². The van der Waals surface area contributed by atoms with E-state index in [9.17, 15) is 18.0 Å². The van der Waals surface area contributed by atoms with Crippen molar-refractivity contribution in [2.24, 2.45) is 5.92 Å². The van der Waals surface area contributed by atoms with E-state index in [0.717, 1.165) is 6.07 Å². The zero-order valence-corrected chi connectivity index (χ0v) is 11.2. The summed E-state index contributed by atoms with van der Waals surface area (Å²) in [5.74, 6) is -1.37. The molecule has 1 aliphatic rings. The van der Waals surface area contributed by atoms with Gasteiger partial charge in [-0.05, 0) is 31.0 Å². The highest BCUT2D eigenvalue weighted by Gasteiger charge is 2.36. The van der Waals surface area contributed by atoms with Gasteiger partial charge in [-0.15, -0.1) is 0 Å². The summed E-state index contributed by atoms with van der Waals surface area (Å²) in [5.41, 5.74) is -0.718. The molecular weight excluding hydrogens is 295 g/mol. The molecule has 20 heavy (non-hydrogen) atoms. The van der Waals surface area contributed by atoms with Gasteiger partial charge in [-0.2, -0.15) is 13.2 Å². The fourth-order valence-electron chi connectivity index (χ4n) is 2.38. The van der Waals surface area contributed by atoms with Crippen molar-refractivity contribution in [1.82, 2.24) is 0 Å². The molecule has 0 spiro atoms. The fourth-order valence-corrected chi connectivity index (χ4v) is 2.55. The predicted octanol–water partition coefficient (Wildman–Crippen LogP) is 3.66. The zero-order chi connectivity index (χ0) is 14.9. The van der Waals surface area contributed by atoms with Crippen LogP contribution in [0.3, 0.4) is 0 Å². The summed E-state index contributed by atoms with van der Waals surface area (Å²) in [7, 11) is 0. The van der Waals surface area contributed by atoms with Crippen LogP contribution in [0.4, 0.5) is 18.9 Å². The highest BCUT2D eigenvalue weighted by molar-refractivity contribution is 6.30. The number of carbonyl (C=O) groups is 1. The van der Waals surface area contributed by atoms with E-state index in [1.54, 1.807) is 4.90 Å². The molecule has 1 N–H and O–H groups in total. The van der Waals surface area contributed by atoms with Crippen molar-refractivity contribution < 1.29 is 23.1 Å². The van der Waals surface area contributed by atoms with Crippen LogP contribution in [0, 0.1) is 5.92 Å². The largest absolute Gasteiger partial charge is 0.481 e. The van der Waals surface area contributed by atoms with Crippen molar-refractivity contribution in [3.8, 4) is 0 Å². The normalized spacial score (nSPS) is 17.3. The Hall–Kier alpha value is -1.43. The van der Waals surface area contributed by atoms with E-state index in [4.69, 9.17) is 16.7 Å². The third kappa shape index (κ3) is 3.17. The van der Waals surface area contributed by atoms with E-state index >= 15 is 0 Å². The van der Waals surface area contributed by atoms with Crippen LogP contribution in [0.5, 0.6) is 0 Å². The lowest BCUT2D eigenvalue weighted by Crippen LogP contribution is -2.37. The van der Waals surface area contributed by atoms with Gasteiger partial charge in [0.25, 0.3) is 0 Å². The van der Waals surface area contributed by atoms with Gasteiger partial charge in [-0.1, -0.05) is 11.6 Å². The summed E-state index contributed by atoms with van der Waals surface area (Å²) >= 11 is 5.63. The number of benzene rings is 1. The Morgan fingerprint density at radius 2 is 1.90 bits per heavy atom. The van der Waals surface area contributed by atoms with Gasteiger partial charge >= 0.3 is 12.1 Å². The molecule has 1 saturated heterocycles. The predicted molar refractivity (Wildman–Crippen MR) is 69.0 cm³/mol. The highest BCUT2D eigenvalue weighted by Crippen LogP contribution is 2.39. The first kappa shape index (κ1) is 15.0. The van der Waals surface area contributed by atoms with Crippen LogP contribution in [-0.4, -0.2) is 24.2 Å². The van der Waals surface area contributed by atoms with Crippen molar-refractivity contribution in [2.75, 3.05) is 18.0 Å². The summed E-state index contributed by atoms with van der Waals surface area (Å²) in [6, 6.07) is 3.65. The first-order valence-corrected chi connectivity index (χ1v) is 6.51. The molecule has 2 rings (SSSR count). The van der Waals surface area contributed by atoms with Gasteiger partial charge in [0.05, 0.1) is 11.5 Å². The fraction of sp³-hybridized carbons (Fsp3) is 0.462. The van der Waals surface area contributed by atoms with Crippen molar-refractivity contribution in [1.29, 1.82) is 0 Å². The molecule has 1 aromatic rings. The average molecular weight is 308 g/mol. The maximum Gasteiger partial charge on any atom is 0.418 e. The molecule has 1 fully saturated rings. The second-order valence-electron chi connectivity index (χ2n) is 4.76.